The second-order valence-corrected chi connectivity index (χ2v) is 3.76. The van der Waals surface area contributed by atoms with Gasteiger partial charge in [0, 0.05) is 6.04 Å². The van der Waals surface area contributed by atoms with E-state index < -0.39 is 10.4 Å². The Bertz CT molecular complexity index is 327. The van der Waals surface area contributed by atoms with Crippen molar-refractivity contribution >= 4 is 16.4 Å². The number of methoxy groups -OCH3 is 1. The van der Waals surface area contributed by atoms with E-state index in [0.717, 1.165) is 0 Å². The van der Waals surface area contributed by atoms with E-state index in [9.17, 15) is 4.79 Å². The quantitative estimate of drug-likeness (QED) is 0.317. The second kappa shape index (κ2) is 5.81. The van der Waals surface area contributed by atoms with Crippen LogP contribution in [-0.4, -0.2) is 36.6 Å². The molecule has 0 bridgehead atoms. The van der Waals surface area contributed by atoms with Crippen molar-refractivity contribution < 1.29 is 27.1 Å². The lowest BCUT2D eigenvalue weighted by Gasteiger charge is -2.04. The summed E-state index contributed by atoms with van der Waals surface area (Å²) < 4.78 is 36.1. The topological polar surface area (TPSA) is 127 Å². The van der Waals surface area contributed by atoms with Gasteiger partial charge in [0.15, 0.2) is 0 Å². The van der Waals surface area contributed by atoms with E-state index in [1.54, 1.807) is 6.08 Å². The molecule has 0 aliphatic heterocycles. The molecule has 0 radical (unpaired) electrons. The number of carbonyl (C=O) groups is 1. The maximum absolute atomic E-state index is 10.8. The molecule has 0 heterocycles. The third-order valence-electron chi connectivity index (χ3n) is 1.62. The minimum Gasteiger partial charge on any atom is -0.469 e. The molecule has 0 aromatic rings. The molecule has 15 heavy (non-hydrogen) atoms. The summed E-state index contributed by atoms with van der Waals surface area (Å²) >= 11 is 0. The number of esters is 1. The first-order valence-corrected chi connectivity index (χ1v) is 5.35. The highest BCUT2D eigenvalue weighted by Crippen LogP contribution is 2.16. The van der Waals surface area contributed by atoms with Gasteiger partial charge >= 0.3 is 16.4 Å². The molecular weight excluding hydrogens is 226 g/mol. The number of hydrogen-bond acceptors (Lipinski definition) is 5. The molecule has 0 unspecified atom stereocenters. The van der Waals surface area contributed by atoms with Crippen molar-refractivity contribution in [1.29, 1.82) is 0 Å². The molecule has 2 atom stereocenters. The summed E-state index contributed by atoms with van der Waals surface area (Å²) in [5.74, 6) is -0.302. The molecule has 0 aromatic heterocycles. The molecule has 0 amide bonds. The molecule has 88 valence electrons. The van der Waals surface area contributed by atoms with E-state index in [2.05, 4.69) is 4.74 Å². The smallest absolute Gasteiger partial charge is 0.394 e. The van der Waals surface area contributed by atoms with Gasteiger partial charge in [0.25, 0.3) is 0 Å². The van der Waals surface area contributed by atoms with Crippen molar-refractivity contribution in [2.75, 3.05) is 7.11 Å². The highest BCUT2D eigenvalue weighted by molar-refractivity contribution is 7.79. The predicted molar refractivity (Wildman–Crippen MR) is 51.4 cm³/mol. The van der Waals surface area contributed by atoms with Crippen molar-refractivity contribution in [3.05, 3.63) is 12.2 Å². The van der Waals surface area contributed by atoms with Gasteiger partial charge in [-0.3, -0.25) is 13.9 Å². The van der Waals surface area contributed by atoms with Crippen LogP contribution in [0.4, 0.5) is 0 Å². The average molecular weight is 239 g/mol. The molecular formula is C7H13NO6S. The highest BCUT2D eigenvalue weighted by atomic mass is 32.3. The van der Waals surface area contributed by atoms with Crippen LogP contribution in [0, 0.1) is 5.92 Å². The van der Waals surface area contributed by atoms with E-state index in [1.807, 2.05) is 6.08 Å². The molecule has 0 aromatic carbocycles. The number of nitrogens with two attached hydrogens (primary N) is 1. The standard InChI is InChI=1S/C7H11NO2.H2O4S/c1-10-7(9)5-2-3-6(8)4-5;1-5(2,3)4/h2-3,5-6H,4,8H2,1H3;(H2,1,2,3,4)/t5-,6+;/m1./s1. The Morgan fingerprint density at radius 2 is 1.93 bits per heavy atom. The lowest BCUT2D eigenvalue weighted by molar-refractivity contribution is -0.143. The van der Waals surface area contributed by atoms with Crippen LogP contribution < -0.4 is 5.73 Å². The van der Waals surface area contributed by atoms with Gasteiger partial charge in [-0.25, -0.2) is 0 Å². The molecule has 1 aliphatic rings. The summed E-state index contributed by atoms with van der Waals surface area (Å²) in [5.41, 5.74) is 5.52. The number of carbonyl (C=O) groups excluding carboxylic acids is 1. The third-order valence-corrected chi connectivity index (χ3v) is 1.62. The van der Waals surface area contributed by atoms with Gasteiger partial charge in [-0.2, -0.15) is 8.42 Å². The minimum absolute atomic E-state index is 0.0316. The van der Waals surface area contributed by atoms with Gasteiger partial charge in [0.2, 0.25) is 0 Å². The molecule has 0 saturated heterocycles. The zero-order valence-electron chi connectivity index (χ0n) is 8.03. The Kier molecular flexibility index (Phi) is 5.44. The molecule has 8 heteroatoms. The summed E-state index contributed by atoms with van der Waals surface area (Å²) in [6, 6.07) is 0.0316. The molecule has 0 saturated carbocycles. The monoisotopic (exact) mass is 239 g/mol. The zero-order valence-corrected chi connectivity index (χ0v) is 8.85. The summed E-state index contributed by atoms with van der Waals surface area (Å²) in [6.45, 7) is 0. The fourth-order valence-corrected chi connectivity index (χ4v) is 1.05. The zero-order chi connectivity index (χ0) is 12.1. The Balaban J connectivity index is 0.000000336. The van der Waals surface area contributed by atoms with E-state index in [1.165, 1.54) is 7.11 Å². The van der Waals surface area contributed by atoms with Gasteiger partial charge in [0.1, 0.15) is 0 Å². The molecule has 7 nitrogen and oxygen atoms in total. The molecule has 4 N–H and O–H groups in total. The van der Waals surface area contributed by atoms with Crippen LogP contribution in [0.25, 0.3) is 0 Å². The summed E-state index contributed by atoms with van der Waals surface area (Å²) in [6.07, 6.45) is 4.32. The Labute approximate surface area is 87.5 Å². The van der Waals surface area contributed by atoms with Crippen molar-refractivity contribution in [2.45, 2.75) is 12.5 Å². The first-order chi connectivity index (χ1) is 6.74. The van der Waals surface area contributed by atoms with Gasteiger partial charge in [-0.1, -0.05) is 12.2 Å². The highest BCUT2D eigenvalue weighted by Gasteiger charge is 2.22. The van der Waals surface area contributed by atoms with Gasteiger partial charge < -0.3 is 10.5 Å². The molecule has 0 fully saturated rings. The Morgan fingerprint density at radius 3 is 2.20 bits per heavy atom. The Morgan fingerprint density at radius 1 is 1.47 bits per heavy atom. The van der Waals surface area contributed by atoms with Crippen LogP contribution >= 0.6 is 0 Å². The van der Waals surface area contributed by atoms with Crippen molar-refractivity contribution in [1.82, 2.24) is 0 Å². The predicted octanol–water partition coefficient (Wildman–Crippen LogP) is -0.590. The first kappa shape index (κ1) is 14.0. The fourth-order valence-electron chi connectivity index (χ4n) is 1.05. The summed E-state index contributed by atoms with van der Waals surface area (Å²) in [7, 11) is -3.28. The number of hydrogen-bond donors (Lipinski definition) is 3. The fraction of sp³-hybridized carbons (Fsp3) is 0.571. The molecule has 1 aliphatic carbocycles. The maximum Gasteiger partial charge on any atom is 0.394 e. The van der Waals surface area contributed by atoms with E-state index in [-0.39, 0.29) is 17.9 Å². The molecule has 0 spiro atoms. The summed E-state index contributed by atoms with van der Waals surface area (Å²) in [5, 5.41) is 0. The largest absolute Gasteiger partial charge is 0.469 e. The summed E-state index contributed by atoms with van der Waals surface area (Å²) in [4.78, 5) is 10.8. The lowest BCUT2D eigenvalue weighted by atomic mass is 10.1. The van der Waals surface area contributed by atoms with Crippen LogP contribution in [0.1, 0.15) is 6.42 Å². The van der Waals surface area contributed by atoms with Crippen molar-refractivity contribution in [3.8, 4) is 0 Å². The van der Waals surface area contributed by atoms with Crippen LogP contribution in [0.5, 0.6) is 0 Å². The third kappa shape index (κ3) is 8.06. The van der Waals surface area contributed by atoms with Gasteiger partial charge in [-0.05, 0) is 6.42 Å². The Hall–Kier alpha value is -0.960. The van der Waals surface area contributed by atoms with E-state index in [4.69, 9.17) is 23.3 Å². The normalized spacial score (nSPS) is 24.3. The van der Waals surface area contributed by atoms with Crippen LogP contribution in [-0.2, 0) is 19.9 Å². The minimum atomic E-state index is -4.67. The van der Waals surface area contributed by atoms with E-state index in [0.29, 0.717) is 6.42 Å². The average Bonchev–Trinajstić information content (AvgIpc) is 2.47. The van der Waals surface area contributed by atoms with Gasteiger partial charge in [0.05, 0.1) is 13.0 Å². The lowest BCUT2D eigenvalue weighted by Crippen LogP contribution is -2.19. The SMILES string of the molecule is COC(=O)[C@@H]1C=C[C@H](N)C1.O=S(=O)(O)O. The number of rotatable bonds is 1. The number of ether oxygens (including phenoxy) is 1. The van der Waals surface area contributed by atoms with Crippen molar-refractivity contribution in [3.63, 3.8) is 0 Å². The van der Waals surface area contributed by atoms with Crippen LogP contribution in [0.15, 0.2) is 12.2 Å². The van der Waals surface area contributed by atoms with Crippen molar-refractivity contribution in [2.24, 2.45) is 11.7 Å². The first-order valence-electron chi connectivity index (χ1n) is 3.95. The van der Waals surface area contributed by atoms with Crippen LogP contribution in [0.3, 0.4) is 0 Å². The van der Waals surface area contributed by atoms with E-state index >= 15 is 0 Å². The second-order valence-electron chi connectivity index (χ2n) is 2.86. The van der Waals surface area contributed by atoms with Gasteiger partial charge in [-0.15, -0.1) is 0 Å². The maximum atomic E-state index is 10.8. The van der Waals surface area contributed by atoms with Crippen LogP contribution in [0.2, 0.25) is 0 Å². The molecule has 1 rings (SSSR count).